The SMILES string of the molecule is CCCOC(=O)c1ccc(F)c(F)c1F. The summed E-state index contributed by atoms with van der Waals surface area (Å²) in [5.41, 5.74) is -0.595. The molecule has 2 nitrogen and oxygen atoms in total. The average molecular weight is 218 g/mol. The first-order valence-electron chi connectivity index (χ1n) is 4.38. The van der Waals surface area contributed by atoms with Crippen LogP contribution in [0.3, 0.4) is 0 Å². The Morgan fingerprint density at radius 2 is 1.93 bits per heavy atom. The van der Waals surface area contributed by atoms with Crippen LogP contribution in [-0.4, -0.2) is 12.6 Å². The molecule has 15 heavy (non-hydrogen) atoms. The normalized spacial score (nSPS) is 10.1. The third-order valence-electron chi connectivity index (χ3n) is 1.69. The van der Waals surface area contributed by atoms with Gasteiger partial charge in [-0.25, -0.2) is 18.0 Å². The van der Waals surface area contributed by atoms with E-state index in [4.69, 9.17) is 0 Å². The molecule has 82 valence electrons. The second-order valence-electron chi connectivity index (χ2n) is 2.86. The van der Waals surface area contributed by atoms with Crippen LogP contribution in [0.15, 0.2) is 12.1 Å². The topological polar surface area (TPSA) is 26.3 Å². The number of rotatable bonds is 3. The van der Waals surface area contributed by atoms with Crippen LogP contribution in [0.5, 0.6) is 0 Å². The summed E-state index contributed by atoms with van der Waals surface area (Å²) in [5, 5.41) is 0. The van der Waals surface area contributed by atoms with Crippen LogP contribution in [-0.2, 0) is 4.74 Å². The van der Waals surface area contributed by atoms with E-state index in [0.29, 0.717) is 12.5 Å². The molecule has 0 aromatic heterocycles. The molecule has 0 heterocycles. The molecule has 0 bridgehead atoms. The van der Waals surface area contributed by atoms with Crippen LogP contribution in [0.2, 0.25) is 0 Å². The molecular weight excluding hydrogens is 209 g/mol. The van der Waals surface area contributed by atoms with Crippen LogP contribution in [0, 0.1) is 17.5 Å². The van der Waals surface area contributed by atoms with E-state index in [1.165, 1.54) is 0 Å². The molecule has 0 saturated carbocycles. The Hall–Kier alpha value is -1.52. The van der Waals surface area contributed by atoms with Gasteiger partial charge in [0.15, 0.2) is 17.5 Å². The summed E-state index contributed by atoms with van der Waals surface area (Å²) in [6, 6.07) is 1.53. The highest BCUT2D eigenvalue weighted by Gasteiger charge is 2.19. The quantitative estimate of drug-likeness (QED) is 0.576. The lowest BCUT2D eigenvalue weighted by atomic mass is 10.2. The second kappa shape index (κ2) is 4.82. The van der Waals surface area contributed by atoms with Crippen molar-refractivity contribution in [2.45, 2.75) is 13.3 Å². The first kappa shape index (κ1) is 11.6. The molecule has 0 saturated heterocycles. The van der Waals surface area contributed by atoms with Crippen molar-refractivity contribution in [3.63, 3.8) is 0 Å². The Balaban J connectivity index is 2.95. The minimum atomic E-state index is -1.67. The maximum absolute atomic E-state index is 13.0. The van der Waals surface area contributed by atoms with Crippen molar-refractivity contribution in [3.8, 4) is 0 Å². The highest BCUT2D eigenvalue weighted by Crippen LogP contribution is 2.15. The van der Waals surface area contributed by atoms with Crippen molar-refractivity contribution in [3.05, 3.63) is 35.1 Å². The number of benzene rings is 1. The van der Waals surface area contributed by atoms with Gasteiger partial charge in [0.1, 0.15) is 0 Å². The number of esters is 1. The van der Waals surface area contributed by atoms with Crippen molar-refractivity contribution in [2.24, 2.45) is 0 Å². The van der Waals surface area contributed by atoms with Crippen molar-refractivity contribution < 1.29 is 22.7 Å². The molecule has 0 radical (unpaired) electrons. The molecule has 0 N–H and O–H groups in total. The van der Waals surface area contributed by atoms with E-state index in [0.717, 1.165) is 6.07 Å². The van der Waals surface area contributed by atoms with E-state index < -0.39 is 29.0 Å². The number of hydrogen-bond donors (Lipinski definition) is 0. The molecule has 1 rings (SSSR count). The standard InChI is InChI=1S/C10H9F3O2/c1-2-5-15-10(14)6-3-4-7(11)9(13)8(6)12/h3-4H,2,5H2,1H3. The molecule has 0 amide bonds. The number of hydrogen-bond acceptors (Lipinski definition) is 2. The predicted octanol–water partition coefficient (Wildman–Crippen LogP) is 2.67. The molecule has 1 aromatic rings. The lowest BCUT2D eigenvalue weighted by molar-refractivity contribution is 0.0498. The van der Waals surface area contributed by atoms with Gasteiger partial charge in [-0.05, 0) is 18.6 Å². The van der Waals surface area contributed by atoms with Crippen LogP contribution in [0.4, 0.5) is 13.2 Å². The fourth-order valence-corrected chi connectivity index (χ4v) is 0.956. The smallest absolute Gasteiger partial charge is 0.341 e. The average Bonchev–Trinajstić information content (AvgIpc) is 2.23. The summed E-state index contributed by atoms with van der Waals surface area (Å²) < 4.78 is 42.8. The maximum Gasteiger partial charge on any atom is 0.341 e. The van der Waals surface area contributed by atoms with Crippen LogP contribution >= 0.6 is 0 Å². The van der Waals surface area contributed by atoms with Crippen molar-refractivity contribution in [1.29, 1.82) is 0 Å². The summed E-state index contributed by atoms with van der Waals surface area (Å²) in [6.07, 6.45) is 0.567. The van der Waals surface area contributed by atoms with E-state index in [2.05, 4.69) is 4.74 Å². The molecule has 0 unspecified atom stereocenters. The molecule has 0 aliphatic heterocycles. The molecule has 0 fully saturated rings. The van der Waals surface area contributed by atoms with E-state index in [1.54, 1.807) is 6.92 Å². The Bertz CT molecular complexity index is 377. The Morgan fingerprint density at radius 1 is 1.27 bits per heavy atom. The van der Waals surface area contributed by atoms with Gasteiger partial charge in [0, 0.05) is 0 Å². The minimum absolute atomic E-state index is 0.108. The summed E-state index contributed by atoms with van der Waals surface area (Å²) in [5.74, 6) is -5.51. The molecule has 0 aliphatic rings. The van der Waals surface area contributed by atoms with Gasteiger partial charge in [-0.2, -0.15) is 0 Å². The number of carbonyl (C=O) groups excluding carboxylic acids is 1. The summed E-state index contributed by atoms with van der Waals surface area (Å²) in [7, 11) is 0. The van der Waals surface area contributed by atoms with Gasteiger partial charge in [-0.1, -0.05) is 6.92 Å². The zero-order valence-corrected chi connectivity index (χ0v) is 8.02. The lowest BCUT2D eigenvalue weighted by Gasteiger charge is -2.04. The van der Waals surface area contributed by atoms with Gasteiger partial charge in [-0.15, -0.1) is 0 Å². The highest BCUT2D eigenvalue weighted by atomic mass is 19.2. The number of halogens is 3. The van der Waals surface area contributed by atoms with Crippen LogP contribution < -0.4 is 0 Å². The monoisotopic (exact) mass is 218 g/mol. The fourth-order valence-electron chi connectivity index (χ4n) is 0.956. The van der Waals surface area contributed by atoms with E-state index >= 15 is 0 Å². The van der Waals surface area contributed by atoms with Gasteiger partial charge in [0.05, 0.1) is 12.2 Å². The van der Waals surface area contributed by atoms with Gasteiger partial charge >= 0.3 is 5.97 Å². The minimum Gasteiger partial charge on any atom is -0.462 e. The van der Waals surface area contributed by atoms with Crippen molar-refractivity contribution >= 4 is 5.97 Å². The first-order valence-corrected chi connectivity index (χ1v) is 4.38. The van der Waals surface area contributed by atoms with E-state index in [9.17, 15) is 18.0 Å². The zero-order valence-electron chi connectivity index (χ0n) is 8.02. The number of carbonyl (C=O) groups is 1. The molecule has 0 atom stereocenters. The molecular formula is C10H9F3O2. The van der Waals surface area contributed by atoms with E-state index in [-0.39, 0.29) is 6.61 Å². The Kier molecular flexibility index (Phi) is 3.71. The molecule has 1 aromatic carbocycles. The zero-order chi connectivity index (χ0) is 11.4. The van der Waals surface area contributed by atoms with Gasteiger partial charge < -0.3 is 4.74 Å². The van der Waals surface area contributed by atoms with Gasteiger partial charge in [0.2, 0.25) is 0 Å². The third-order valence-corrected chi connectivity index (χ3v) is 1.69. The maximum atomic E-state index is 13.0. The Labute approximate surface area is 84.7 Å². The highest BCUT2D eigenvalue weighted by molar-refractivity contribution is 5.89. The van der Waals surface area contributed by atoms with Crippen molar-refractivity contribution in [1.82, 2.24) is 0 Å². The van der Waals surface area contributed by atoms with Gasteiger partial charge in [-0.3, -0.25) is 0 Å². The van der Waals surface area contributed by atoms with E-state index in [1.807, 2.05) is 0 Å². The molecule has 0 aliphatic carbocycles. The summed E-state index contributed by atoms with van der Waals surface area (Å²) in [6.45, 7) is 1.87. The number of ether oxygens (including phenoxy) is 1. The predicted molar refractivity (Wildman–Crippen MR) is 46.9 cm³/mol. The fraction of sp³-hybridized carbons (Fsp3) is 0.300. The third kappa shape index (κ3) is 2.49. The summed E-state index contributed by atoms with van der Waals surface area (Å²) >= 11 is 0. The van der Waals surface area contributed by atoms with Crippen LogP contribution in [0.1, 0.15) is 23.7 Å². The molecule has 5 heteroatoms. The molecule has 0 spiro atoms. The summed E-state index contributed by atoms with van der Waals surface area (Å²) in [4.78, 5) is 11.1. The first-order chi connectivity index (χ1) is 7.07. The second-order valence-corrected chi connectivity index (χ2v) is 2.86. The largest absolute Gasteiger partial charge is 0.462 e. The van der Waals surface area contributed by atoms with Gasteiger partial charge in [0.25, 0.3) is 0 Å². The lowest BCUT2D eigenvalue weighted by Crippen LogP contribution is -2.10. The Morgan fingerprint density at radius 3 is 2.53 bits per heavy atom. The van der Waals surface area contributed by atoms with Crippen molar-refractivity contribution in [2.75, 3.05) is 6.61 Å². The van der Waals surface area contributed by atoms with Crippen LogP contribution in [0.25, 0.3) is 0 Å².